The van der Waals surface area contributed by atoms with Crippen LogP contribution in [0.5, 0.6) is 0 Å². The highest BCUT2D eigenvalue weighted by Crippen LogP contribution is 2.38. The molecule has 12 nitrogen and oxygen atoms in total. The van der Waals surface area contributed by atoms with Gasteiger partial charge in [-0.25, -0.2) is 4.98 Å². The molecule has 0 spiro atoms. The number of hydrogen-bond acceptors (Lipinski definition) is 10. The summed E-state index contributed by atoms with van der Waals surface area (Å²) < 4.78 is 41.9. The van der Waals surface area contributed by atoms with E-state index in [0.29, 0.717) is 22.7 Å². The van der Waals surface area contributed by atoms with E-state index in [1.807, 2.05) is 30.3 Å². The van der Waals surface area contributed by atoms with E-state index >= 15 is 0 Å². The zero-order chi connectivity index (χ0) is 32.3. The highest BCUT2D eigenvalue weighted by Gasteiger charge is 2.51. The highest BCUT2D eigenvalue weighted by atomic mass is 19.4. The van der Waals surface area contributed by atoms with E-state index < -0.39 is 42.4 Å². The van der Waals surface area contributed by atoms with Crippen molar-refractivity contribution in [3.8, 4) is 0 Å². The molecule has 7 N–H and O–H groups in total. The largest absolute Gasteiger partial charge is 0.471 e. The van der Waals surface area contributed by atoms with Gasteiger partial charge in [-0.2, -0.15) is 23.1 Å². The molecule has 45 heavy (non-hydrogen) atoms. The Morgan fingerprint density at radius 3 is 2.49 bits per heavy atom. The minimum Gasteiger partial charge on any atom is -0.394 e. The van der Waals surface area contributed by atoms with Crippen molar-refractivity contribution in [1.82, 2.24) is 24.4 Å². The Kier molecular flexibility index (Phi) is 10.1. The van der Waals surface area contributed by atoms with Crippen molar-refractivity contribution < 1.29 is 33.3 Å². The molecule has 2 saturated carbocycles. The van der Waals surface area contributed by atoms with E-state index in [-0.39, 0.29) is 49.7 Å². The van der Waals surface area contributed by atoms with E-state index in [1.54, 1.807) is 6.92 Å². The third kappa shape index (κ3) is 7.32. The van der Waals surface area contributed by atoms with Gasteiger partial charge >= 0.3 is 12.1 Å². The number of aliphatic hydroxyl groups excluding tert-OH is 3. The molecule has 2 fully saturated rings. The molecule has 246 valence electrons. The van der Waals surface area contributed by atoms with Gasteiger partial charge < -0.3 is 41.2 Å². The Morgan fingerprint density at radius 1 is 1.13 bits per heavy atom. The number of nitrogens with one attached hydrogen (secondary N) is 2. The van der Waals surface area contributed by atoms with Crippen molar-refractivity contribution in [3.05, 3.63) is 42.2 Å². The van der Waals surface area contributed by atoms with E-state index in [0.717, 1.165) is 31.2 Å². The lowest BCUT2D eigenvalue weighted by Gasteiger charge is -2.31. The zero-order valence-electron chi connectivity index (χ0n) is 25.1. The third-order valence-corrected chi connectivity index (χ3v) is 8.76. The van der Waals surface area contributed by atoms with Gasteiger partial charge in [0.15, 0.2) is 17.0 Å². The molecule has 2 aromatic heterocycles. The Balaban J connectivity index is 1.49. The molecule has 1 aromatic carbocycles. The molecule has 5 rings (SSSR count). The predicted octanol–water partition coefficient (Wildman–Crippen LogP) is 2.36. The summed E-state index contributed by atoms with van der Waals surface area (Å²) in [6.07, 6.45) is -2.98. The van der Waals surface area contributed by atoms with Gasteiger partial charge in [0, 0.05) is 18.6 Å². The number of amides is 1. The first-order chi connectivity index (χ1) is 21.5. The van der Waals surface area contributed by atoms with Gasteiger partial charge in [-0.1, -0.05) is 37.3 Å². The van der Waals surface area contributed by atoms with Crippen LogP contribution in [0.15, 0.2) is 36.7 Å². The summed E-state index contributed by atoms with van der Waals surface area (Å²) >= 11 is 0. The average molecular weight is 635 g/mol. The maximum atomic E-state index is 13.4. The van der Waals surface area contributed by atoms with Crippen LogP contribution >= 0.6 is 0 Å². The van der Waals surface area contributed by atoms with Gasteiger partial charge in [0.1, 0.15) is 12.2 Å². The van der Waals surface area contributed by atoms with E-state index in [4.69, 9.17) is 15.7 Å². The normalized spacial score (nSPS) is 26.1. The smallest absolute Gasteiger partial charge is 0.394 e. The van der Waals surface area contributed by atoms with Crippen LogP contribution in [-0.4, -0.2) is 101 Å². The van der Waals surface area contributed by atoms with Gasteiger partial charge in [0.05, 0.1) is 31.1 Å². The number of anilines is 2. The van der Waals surface area contributed by atoms with Crippen molar-refractivity contribution in [2.45, 2.75) is 100 Å². The Labute approximate surface area is 258 Å². The number of nitrogens with zero attached hydrogens (tertiary/aromatic N) is 5. The van der Waals surface area contributed by atoms with Gasteiger partial charge in [0.25, 0.3) is 0 Å². The molecular weight excluding hydrogens is 593 g/mol. The Hall–Kier alpha value is -3.53. The van der Waals surface area contributed by atoms with E-state index in [9.17, 15) is 33.3 Å². The van der Waals surface area contributed by atoms with E-state index in [2.05, 4.69) is 15.6 Å². The first-order valence-electron chi connectivity index (χ1n) is 15.4. The van der Waals surface area contributed by atoms with Crippen molar-refractivity contribution in [1.29, 1.82) is 0 Å². The maximum Gasteiger partial charge on any atom is 0.471 e. The summed E-state index contributed by atoms with van der Waals surface area (Å²) in [6.45, 7) is 1.19. The summed E-state index contributed by atoms with van der Waals surface area (Å²) in [5, 5.41) is 38.9. The monoisotopic (exact) mass is 634 g/mol. The molecule has 2 aliphatic rings. The average Bonchev–Trinajstić information content (AvgIpc) is 3.56. The number of carbonyl (C=O) groups is 1. The van der Waals surface area contributed by atoms with Crippen LogP contribution in [0.1, 0.15) is 57.1 Å². The number of halogens is 3. The first-order valence-corrected chi connectivity index (χ1v) is 15.4. The molecule has 2 heterocycles. The molecule has 5 atom stereocenters. The van der Waals surface area contributed by atoms with Crippen molar-refractivity contribution in [2.75, 3.05) is 23.8 Å². The highest BCUT2D eigenvalue weighted by molar-refractivity contribution is 5.85. The molecule has 1 amide bonds. The summed E-state index contributed by atoms with van der Waals surface area (Å²) in [5.74, 6) is -1.46. The first kappa shape index (κ1) is 32.9. The molecule has 2 aliphatic carbocycles. The lowest BCUT2D eigenvalue weighted by atomic mass is 9.92. The van der Waals surface area contributed by atoms with Crippen molar-refractivity contribution >= 4 is 28.8 Å². The fraction of sp³-hybridized carbons (Fsp3) is 0.600. The predicted molar refractivity (Wildman–Crippen MR) is 161 cm³/mol. The number of aliphatic hydroxyl groups is 3. The summed E-state index contributed by atoms with van der Waals surface area (Å²) in [6, 6.07) is 7.17. The SMILES string of the molecule is CCCN(C(=O)C(F)(F)F)[C@H]1C[C@@H](n2cnc3c(N[C@H](CO)Cc4ccccc4)nc(NC4CCC(N)CC4)nc32)[C@H](O)[C@@H]1O. The second kappa shape index (κ2) is 13.8. The number of carbonyl (C=O) groups excluding carboxylic acids is 1. The number of imidazole rings is 1. The minimum atomic E-state index is -5.12. The van der Waals surface area contributed by atoms with Crippen LogP contribution in [0.4, 0.5) is 24.9 Å². The molecule has 0 unspecified atom stereocenters. The molecular formula is C30H41F3N8O4. The summed E-state index contributed by atoms with van der Waals surface area (Å²) in [5.41, 5.74) is 7.67. The van der Waals surface area contributed by atoms with Crippen LogP contribution < -0.4 is 16.4 Å². The van der Waals surface area contributed by atoms with Crippen LogP contribution in [-0.2, 0) is 11.2 Å². The second-order valence-corrected chi connectivity index (χ2v) is 12.0. The Bertz CT molecular complexity index is 1430. The third-order valence-electron chi connectivity index (χ3n) is 8.76. The maximum absolute atomic E-state index is 13.4. The van der Waals surface area contributed by atoms with E-state index in [1.165, 1.54) is 10.9 Å². The van der Waals surface area contributed by atoms with Gasteiger partial charge in [-0.15, -0.1) is 0 Å². The number of alkyl halides is 3. The van der Waals surface area contributed by atoms with Crippen molar-refractivity contribution in [3.63, 3.8) is 0 Å². The van der Waals surface area contributed by atoms with Crippen LogP contribution in [0.25, 0.3) is 11.2 Å². The van der Waals surface area contributed by atoms with Crippen LogP contribution in [0, 0.1) is 0 Å². The quantitative estimate of drug-likeness (QED) is 0.184. The van der Waals surface area contributed by atoms with Crippen LogP contribution in [0.3, 0.4) is 0 Å². The number of aromatic nitrogens is 4. The molecule has 0 saturated heterocycles. The number of nitrogens with two attached hydrogens (primary N) is 1. The fourth-order valence-electron chi connectivity index (χ4n) is 6.42. The van der Waals surface area contributed by atoms with Gasteiger partial charge in [0.2, 0.25) is 5.95 Å². The summed E-state index contributed by atoms with van der Waals surface area (Å²) in [7, 11) is 0. The van der Waals surface area contributed by atoms with Crippen LogP contribution in [0.2, 0.25) is 0 Å². The number of fused-ring (bicyclic) bond motifs is 1. The second-order valence-electron chi connectivity index (χ2n) is 12.0. The van der Waals surface area contributed by atoms with Gasteiger partial charge in [-0.05, 0) is 50.5 Å². The molecule has 15 heteroatoms. The molecule has 0 aliphatic heterocycles. The molecule has 3 aromatic rings. The standard InChI is InChI=1S/C30H41F3N8O4/c1-2-12-40(28(45)30(31,32)33)21-14-22(25(44)24(21)43)41-16-35-23-26(36-20(15-42)13-17-6-4-3-5-7-17)38-29(39-27(23)41)37-19-10-8-18(34)9-11-19/h3-7,16,18-22,24-25,42-44H,2,8-15,34H2,1H3,(H2,36,37,38,39)/t18?,19?,20-,21-,22+,24+,25-/m0/s1. The number of rotatable bonds is 11. The number of hydrogen-bond donors (Lipinski definition) is 6. The van der Waals surface area contributed by atoms with Gasteiger partial charge in [-0.3, -0.25) is 4.79 Å². The molecule has 0 radical (unpaired) electrons. The van der Waals surface area contributed by atoms with Crippen molar-refractivity contribution in [2.24, 2.45) is 5.73 Å². The lowest BCUT2D eigenvalue weighted by molar-refractivity contribution is -0.190. The topological polar surface area (TPSA) is 175 Å². The number of benzene rings is 1. The minimum absolute atomic E-state index is 0.0590. The zero-order valence-corrected chi connectivity index (χ0v) is 25.1. The summed E-state index contributed by atoms with van der Waals surface area (Å²) in [4.78, 5) is 26.8. The molecule has 0 bridgehead atoms. The Morgan fingerprint density at radius 2 is 1.84 bits per heavy atom. The lowest BCUT2D eigenvalue weighted by Crippen LogP contribution is -2.51. The fourth-order valence-corrected chi connectivity index (χ4v) is 6.42.